The summed E-state index contributed by atoms with van der Waals surface area (Å²) in [5, 5.41) is 4.96. The van der Waals surface area contributed by atoms with Gasteiger partial charge in [-0.2, -0.15) is 0 Å². The number of nitrogens with one attached hydrogen (secondary N) is 1. The number of likely N-dealkylation sites (tertiary alicyclic amines) is 1. The summed E-state index contributed by atoms with van der Waals surface area (Å²) >= 11 is 3.67. The minimum Gasteiger partial charge on any atom is -0.487 e. The SMILES string of the molecule is C=CCCCCCOC(=O)N[C@H](C(=O)N1C[C@H](Oc2ccc3ccccc3c2Br)C[C@H]1C(=O)OC)C1CCCCC1. The van der Waals surface area contributed by atoms with Gasteiger partial charge < -0.3 is 24.4 Å². The molecular weight excluding hydrogens is 588 g/mol. The molecule has 41 heavy (non-hydrogen) atoms. The van der Waals surface area contributed by atoms with E-state index < -0.39 is 30.3 Å². The zero-order valence-corrected chi connectivity index (χ0v) is 25.4. The van der Waals surface area contributed by atoms with Gasteiger partial charge in [-0.1, -0.05) is 55.7 Å². The Morgan fingerprint density at radius 1 is 1.10 bits per heavy atom. The quantitative estimate of drug-likeness (QED) is 0.163. The fraction of sp³-hybridized carbons (Fsp3) is 0.531. The highest BCUT2D eigenvalue weighted by Gasteiger charge is 2.45. The van der Waals surface area contributed by atoms with Gasteiger partial charge in [0.25, 0.3) is 0 Å². The van der Waals surface area contributed by atoms with Crippen LogP contribution in [0.15, 0.2) is 53.5 Å². The molecule has 2 fully saturated rings. The van der Waals surface area contributed by atoms with Gasteiger partial charge in [0.1, 0.15) is 23.9 Å². The highest BCUT2D eigenvalue weighted by Crippen LogP contribution is 2.36. The highest BCUT2D eigenvalue weighted by molar-refractivity contribution is 9.10. The van der Waals surface area contributed by atoms with Gasteiger partial charge in [0.15, 0.2) is 0 Å². The molecule has 8 nitrogen and oxygen atoms in total. The molecule has 0 aromatic heterocycles. The first-order chi connectivity index (χ1) is 19.9. The summed E-state index contributed by atoms with van der Waals surface area (Å²) in [5.74, 6) is -0.167. The van der Waals surface area contributed by atoms with E-state index in [2.05, 4.69) is 27.8 Å². The number of halogens is 1. The molecule has 2 aliphatic rings. The summed E-state index contributed by atoms with van der Waals surface area (Å²) in [6.45, 7) is 4.23. The van der Waals surface area contributed by atoms with Gasteiger partial charge in [0, 0.05) is 6.42 Å². The summed E-state index contributed by atoms with van der Waals surface area (Å²) < 4.78 is 17.7. The Hall–Kier alpha value is -3.07. The molecule has 1 saturated carbocycles. The number of hydrogen-bond donors (Lipinski definition) is 1. The third kappa shape index (κ3) is 8.03. The molecule has 1 N–H and O–H groups in total. The van der Waals surface area contributed by atoms with Gasteiger partial charge in [0.05, 0.1) is 24.7 Å². The van der Waals surface area contributed by atoms with Crippen LogP contribution in [0.4, 0.5) is 4.79 Å². The van der Waals surface area contributed by atoms with E-state index in [1.807, 2.05) is 42.5 Å². The minimum atomic E-state index is -0.800. The van der Waals surface area contributed by atoms with E-state index in [1.54, 1.807) is 0 Å². The Kier molecular flexibility index (Phi) is 11.5. The predicted octanol–water partition coefficient (Wildman–Crippen LogP) is 6.55. The molecule has 0 spiro atoms. The van der Waals surface area contributed by atoms with Crippen molar-refractivity contribution in [3.05, 3.63) is 53.5 Å². The maximum absolute atomic E-state index is 14.1. The van der Waals surface area contributed by atoms with Crippen LogP contribution >= 0.6 is 15.9 Å². The number of rotatable bonds is 12. The molecule has 222 valence electrons. The van der Waals surface area contributed by atoms with E-state index in [1.165, 1.54) is 12.0 Å². The van der Waals surface area contributed by atoms with Crippen LogP contribution in [0, 0.1) is 5.92 Å². The number of methoxy groups -OCH3 is 1. The van der Waals surface area contributed by atoms with Crippen LogP contribution in [0.1, 0.15) is 64.2 Å². The van der Waals surface area contributed by atoms with Crippen LogP contribution in [-0.4, -0.2) is 61.3 Å². The second kappa shape index (κ2) is 15.2. The van der Waals surface area contributed by atoms with Crippen LogP contribution in [0.5, 0.6) is 5.75 Å². The normalized spacial score (nSPS) is 19.9. The van der Waals surface area contributed by atoms with Gasteiger partial charge in [-0.25, -0.2) is 9.59 Å². The zero-order chi connectivity index (χ0) is 29.2. The minimum absolute atomic E-state index is 0.0238. The number of carbonyl (C=O) groups excluding carboxylic acids is 3. The molecule has 1 aliphatic carbocycles. The summed E-state index contributed by atoms with van der Waals surface area (Å²) in [7, 11) is 1.32. The first kappa shape index (κ1) is 30.9. The lowest BCUT2D eigenvalue weighted by Gasteiger charge is -2.34. The summed E-state index contributed by atoms with van der Waals surface area (Å²) in [6.07, 6.45) is 9.55. The number of esters is 1. The van der Waals surface area contributed by atoms with E-state index in [-0.39, 0.29) is 18.4 Å². The third-order valence-corrected chi connectivity index (χ3v) is 8.90. The Balaban J connectivity index is 1.47. The molecule has 1 heterocycles. The lowest BCUT2D eigenvalue weighted by molar-refractivity contribution is -0.152. The summed E-state index contributed by atoms with van der Waals surface area (Å²) in [6, 6.07) is 10.3. The van der Waals surface area contributed by atoms with Crippen molar-refractivity contribution in [3.8, 4) is 5.75 Å². The number of benzene rings is 2. The number of unbranched alkanes of at least 4 members (excludes halogenated alkanes) is 3. The molecule has 9 heteroatoms. The van der Waals surface area contributed by atoms with Crippen molar-refractivity contribution in [3.63, 3.8) is 0 Å². The molecular formula is C32H41BrN2O6. The van der Waals surface area contributed by atoms with Crippen LogP contribution in [0.25, 0.3) is 10.8 Å². The zero-order valence-electron chi connectivity index (χ0n) is 23.8. The van der Waals surface area contributed by atoms with Crippen LogP contribution in [-0.2, 0) is 19.1 Å². The average Bonchev–Trinajstić information content (AvgIpc) is 3.43. The van der Waals surface area contributed by atoms with E-state index in [0.717, 1.165) is 73.0 Å². The number of nitrogens with zero attached hydrogens (tertiary/aromatic N) is 1. The lowest BCUT2D eigenvalue weighted by Crippen LogP contribution is -2.55. The second-order valence-corrected chi connectivity index (χ2v) is 11.7. The van der Waals surface area contributed by atoms with Gasteiger partial charge >= 0.3 is 12.1 Å². The first-order valence-electron chi connectivity index (χ1n) is 14.7. The first-order valence-corrected chi connectivity index (χ1v) is 15.5. The molecule has 2 aromatic rings. The molecule has 0 unspecified atom stereocenters. The molecule has 0 bridgehead atoms. The average molecular weight is 630 g/mol. The van der Waals surface area contributed by atoms with Crippen molar-refractivity contribution in [2.24, 2.45) is 5.92 Å². The van der Waals surface area contributed by atoms with Crippen molar-refractivity contribution >= 4 is 44.7 Å². The molecule has 2 aromatic carbocycles. The highest BCUT2D eigenvalue weighted by atomic mass is 79.9. The van der Waals surface area contributed by atoms with Gasteiger partial charge in [-0.15, -0.1) is 6.58 Å². The van der Waals surface area contributed by atoms with Crippen molar-refractivity contribution in [2.45, 2.75) is 82.4 Å². The van der Waals surface area contributed by atoms with E-state index in [4.69, 9.17) is 14.2 Å². The van der Waals surface area contributed by atoms with Crippen molar-refractivity contribution < 1.29 is 28.6 Å². The summed E-state index contributed by atoms with van der Waals surface area (Å²) in [4.78, 5) is 41.2. The third-order valence-electron chi connectivity index (χ3n) is 8.09. The van der Waals surface area contributed by atoms with Gasteiger partial charge in [0.2, 0.25) is 5.91 Å². The monoisotopic (exact) mass is 628 g/mol. The topological polar surface area (TPSA) is 94.2 Å². The Morgan fingerprint density at radius 3 is 2.63 bits per heavy atom. The maximum Gasteiger partial charge on any atom is 0.407 e. The van der Waals surface area contributed by atoms with Crippen LogP contribution < -0.4 is 10.1 Å². The Labute approximate surface area is 250 Å². The lowest BCUT2D eigenvalue weighted by atomic mass is 9.83. The Bertz CT molecular complexity index is 1210. The largest absolute Gasteiger partial charge is 0.487 e. The molecule has 0 radical (unpaired) electrons. The smallest absolute Gasteiger partial charge is 0.407 e. The van der Waals surface area contributed by atoms with Gasteiger partial charge in [-0.3, -0.25) is 4.79 Å². The molecule has 2 amide bonds. The van der Waals surface area contributed by atoms with Crippen LogP contribution in [0.3, 0.4) is 0 Å². The molecule has 3 atom stereocenters. The van der Waals surface area contributed by atoms with Crippen molar-refractivity contribution in [2.75, 3.05) is 20.3 Å². The molecule has 1 aliphatic heterocycles. The number of alkyl carbamates (subject to hydrolysis) is 1. The standard InChI is InChI=1S/C32H41BrN2O6/c1-3-4-5-6-12-19-40-32(38)34-29(23-14-8-7-9-15-23)30(36)35-21-24(20-26(35)31(37)39-2)41-27-18-17-22-13-10-11-16-25(22)28(27)33/h3,10-11,13,16-18,23-24,26,29H,1,4-9,12,14-15,19-21H2,2H3,(H,34,38)/t24-,26+,29+/m1/s1. The number of allylic oxidation sites excluding steroid dienone is 1. The number of fused-ring (bicyclic) bond motifs is 1. The fourth-order valence-corrected chi connectivity index (χ4v) is 6.49. The fourth-order valence-electron chi connectivity index (χ4n) is 5.90. The van der Waals surface area contributed by atoms with E-state index >= 15 is 0 Å². The number of hydrogen-bond acceptors (Lipinski definition) is 6. The van der Waals surface area contributed by atoms with E-state index in [0.29, 0.717) is 18.8 Å². The van der Waals surface area contributed by atoms with Crippen LogP contribution in [0.2, 0.25) is 0 Å². The van der Waals surface area contributed by atoms with E-state index in [9.17, 15) is 14.4 Å². The Morgan fingerprint density at radius 2 is 1.88 bits per heavy atom. The second-order valence-electron chi connectivity index (χ2n) is 10.9. The van der Waals surface area contributed by atoms with Crippen molar-refractivity contribution in [1.82, 2.24) is 10.2 Å². The van der Waals surface area contributed by atoms with Gasteiger partial charge in [-0.05, 0) is 77.2 Å². The molecule has 1 saturated heterocycles. The van der Waals surface area contributed by atoms with Crippen molar-refractivity contribution in [1.29, 1.82) is 0 Å². The number of ether oxygens (including phenoxy) is 3. The maximum atomic E-state index is 14.1. The summed E-state index contributed by atoms with van der Waals surface area (Å²) in [5.41, 5.74) is 0. The predicted molar refractivity (Wildman–Crippen MR) is 162 cm³/mol. The molecule has 4 rings (SSSR count). The number of carbonyl (C=O) groups is 3. The number of amides is 2.